The van der Waals surface area contributed by atoms with E-state index in [-0.39, 0.29) is 11.5 Å². The van der Waals surface area contributed by atoms with Crippen LogP contribution in [0, 0.1) is 0 Å². The fourth-order valence-electron chi connectivity index (χ4n) is 3.54. The third-order valence-corrected chi connectivity index (χ3v) is 4.99. The number of carbonyl (C=O) groups excluding carboxylic acids is 1. The first kappa shape index (κ1) is 16.0. The molecule has 2 aliphatic rings. The maximum absolute atomic E-state index is 12.9. The van der Waals surface area contributed by atoms with Crippen LogP contribution in [0.5, 0.6) is 0 Å². The lowest BCUT2D eigenvalue weighted by atomic mass is 9.98. The van der Waals surface area contributed by atoms with E-state index in [1.54, 1.807) is 29.4 Å². The zero-order chi connectivity index (χ0) is 17.4. The molecule has 0 spiro atoms. The summed E-state index contributed by atoms with van der Waals surface area (Å²) in [6.45, 7) is 3.33. The number of hydrogen-bond donors (Lipinski definition) is 1. The number of carbonyl (C=O) groups is 1. The predicted octanol–water partition coefficient (Wildman–Crippen LogP) is 1.29. The van der Waals surface area contributed by atoms with Gasteiger partial charge in [-0.2, -0.15) is 0 Å². The molecule has 1 amide bonds. The number of aromatic amines is 1. The zero-order valence-corrected chi connectivity index (χ0v) is 14.1. The summed E-state index contributed by atoms with van der Waals surface area (Å²) in [5, 5.41) is 0. The highest BCUT2D eigenvalue weighted by Crippen LogP contribution is 2.29. The fourth-order valence-corrected chi connectivity index (χ4v) is 3.54. The maximum Gasteiger partial charge on any atom is 0.254 e. The Morgan fingerprint density at radius 2 is 2.16 bits per heavy atom. The molecule has 0 bridgehead atoms. The molecule has 4 heterocycles. The average Bonchev–Trinajstić information content (AvgIpc) is 3.09. The van der Waals surface area contributed by atoms with Gasteiger partial charge in [0.1, 0.15) is 11.4 Å². The molecule has 0 radical (unpaired) electrons. The van der Waals surface area contributed by atoms with Crippen molar-refractivity contribution < 1.29 is 9.53 Å². The molecule has 4 rings (SSSR count). The topological polar surface area (TPSA) is 88.2 Å². The van der Waals surface area contributed by atoms with E-state index in [9.17, 15) is 9.59 Å². The van der Waals surface area contributed by atoms with Gasteiger partial charge in [-0.3, -0.25) is 14.6 Å². The highest BCUT2D eigenvalue weighted by molar-refractivity contribution is 5.85. The number of rotatable bonds is 2. The molecule has 1 N–H and O–H groups in total. The third-order valence-electron chi connectivity index (χ3n) is 4.99. The van der Waals surface area contributed by atoms with Gasteiger partial charge in [0.2, 0.25) is 0 Å². The Hall–Kier alpha value is -2.54. The second kappa shape index (κ2) is 6.07. The van der Waals surface area contributed by atoms with Crippen LogP contribution in [0.1, 0.15) is 31.0 Å². The minimum absolute atomic E-state index is 0.0109. The SMILES string of the molecule is CC1(C(=O)N2CCc3c(nc(-c4ccncc4)[nH]c3=O)C2)CCCO1. The van der Waals surface area contributed by atoms with E-state index >= 15 is 0 Å². The predicted molar refractivity (Wildman–Crippen MR) is 90.8 cm³/mol. The van der Waals surface area contributed by atoms with E-state index in [1.807, 2.05) is 6.92 Å². The van der Waals surface area contributed by atoms with E-state index in [4.69, 9.17) is 4.74 Å². The van der Waals surface area contributed by atoms with Crippen molar-refractivity contribution in [3.63, 3.8) is 0 Å². The van der Waals surface area contributed by atoms with Crippen molar-refractivity contribution in [2.75, 3.05) is 13.2 Å². The molecular weight excluding hydrogens is 320 g/mol. The smallest absolute Gasteiger partial charge is 0.254 e. The van der Waals surface area contributed by atoms with Gasteiger partial charge in [0.25, 0.3) is 11.5 Å². The van der Waals surface area contributed by atoms with Crippen LogP contribution in [0.2, 0.25) is 0 Å². The molecule has 1 atom stereocenters. The van der Waals surface area contributed by atoms with Gasteiger partial charge in [0.05, 0.1) is 12.2 Å². The van der Waals surface area contributed by atoms with Gasteiger partial charge in [0, 0.05) is 36.7 Å². The van der Waals surface area contributed by atoms with Gasteiger partial charge >= 0.3 is 0 Å². The molecule has 0 aliphatic carbocycles. The number of H-pyrrole nitrogens is 1. The van der Waals surface area contributed by atoms with Gasteiger partial charge in [-0.15, -0.1) is 0 Å². The Morgan fingerprint density at radius 3 is 2.88 bits per heavy atom. The van der Waals surface area contributed by atoms with Crippen LogP contribution in [-0.4, -0.2) is 44.5 Å². The van der Waals surface area contributed by atoms with E-state index in [1.165, 1.54) is 0 Å². The molecule has 2 aliphatic heterocycles. The van der Waals surface area contributed by atoms with Gasteiger partial charge < -0.3 is 14.6 Å². The molecule has 130 valence electrons. The molecule has 1 saturated heterocycles. The number of fused-ring (bicyclic) bond motifs is 1. The monoisotopic (exact) mass is 340 g/mol. The third kappa shape index (κ3) is 2.84. The number of amides is 1. The molecule has 25 heavy (non-hydrogen) atoms. The molecule has 1 fully saturated rings. The number of hydrogen-bond acceptors (Lipinski definition) is 5. The number of aromatic nitrogens is 3. The Balaban J connectivity index is 1.65. The van der Waals surface area contributed by atoms with Crippen molar-refractivity contribution in [1.82, 2.24) is 19.9 Å². The van der Waals surface area contributed by atoms with Crippen molar-refractivity contribution in [2.45, 2.75) is 38.3 Å². The fraction of sp³-hybridized carbons (Fsp3) is 0.444. The standard InChI is InChI=1S/C18H20N4O3/c1-18(6-2-10-25-18)17(24)22-9-5-13-14(11-22)20-15(21-16(13)23)12-3-7-19-8-4-12/h3-4,7-8H,2,5-6,9-11H2,1H3,(H,20,21,23). The van der Waals surface area contributed by atoms with Gasteiger partial charge in [0.15, 0.2) is 0 Å². The Labute approximate surface area is 145 Å². The molecule has 7 heteroatoms. The molecule has 2 aromatic heterocycles. The molecule has 0 aromatic carbocycles. The molecule has 2 aromatic rings. The lowest BCUT2D eigenvalue weighted by molar-refractivity contribution is -0.152. The summed E-state index contributed by atoms with van der Waals surface area (Å²) in [6, 6.07) is 3.59. The first-order valence-corrected chi connectivity index (χ1v) is 8.53. The van der Waals surface area contributed by atoms with Crippen molar-refractivity contribution in [2.24, 2.45) is 0 Å². The van der Waals surface area contributed by atoms with E-state index in [0.717, 1.165) is 18.4 Å². The Morgan fingerprint density at radius 1 is 1.36 bits per heavy atom. The van der Waals surface area contributed by atoms with Crippen molar-refractivity contribution in [1.29, 1.82) is 0 Å². The summed E-state index contributed by atoms with van der Waals surface area (Å²) >= 11 is 0. The second-order valence-corrected chi connectivity index (χ2v) is 6.74. The highest BCUT2D eigenvalue weighted by atomic mass is 16.5. The molecule has 7 nitrogen and oxygen atoms in total. The minimum Gasteiger partial charge on any atom is -0.365 e. The zero-order valence-electron chi connectivity index (χ0n) is 14.1. The second-order valence-electron chi connectivity index (χ2n) is 6.74. The molecule has 1 unspecified atom stereocenters. The van der Waals surface area contributed by atoms with Crippen LogP contribution < -0.4 is 5.56 Å². The quantitative estimate of drug-likeness (QED) is 0.890. The Bertz CT molecular complexity index is 856. The lowest BCUT2D eigenvalue weighted by Gasteiger charge is -2.33. The lowest BCUT2D eigenvalue weighted by Crippen LogP contribution is -2.49. The summed E-state index contributed by atoms with van der Waals surface area (Å²) in [5.41, 5.74) is 1.25. The summed E-state index contributed by atoms with van der Waals surface area (Å²) in [5.74, 6) is 0.493. The molecular formula is C18H20N4O3. The van der Waals surface area contributed by atoms with Crippen LogP contribution in [0.25, 0.3) is 11.4 Å². The number of nitrogens with zero attached hydrogens (tertiary/aromatic N) is 3. The van der Waals surface area contributed by atoms with E-state index < -0.39 is 5.60 Å². The summed E-state index contributed by atoms with van der Waals surface area (Å²) in [6.07, 6.45) is 5.46. The van der Waals surface area contributed by atoms with E-state index in [0.29, 0.717) is 43.2 Å². The van der Waals surface area contributed by atoms with Crippen molar-refractivity contribution in [3.8, 4) is 11.4 Å². The normalized spacial score (nSPS) is 22.7. The number of ether oxygens (including phenoxy) is 1. The maximum atomic E-state index is 12.9. The Kier molecular flexibility index (Phi) is 3.88. The molecule has 0 saturated carbocycles. The minimum atomic E-state index is -0.743. The number of pyridine rings is 1. The van der Waals surface area contributed by atoms with Crippen LogP contribution in [0.4, 0.5) is 0 Å². The largest absolute Gasteiger partial charge is 0.365 e. The first-order valence-electron chi connectivity index (χ1n) is 8.53. The summed E-state index contributed by atoms with van der Waals surface area (Å²) in [7, 11) is 0. The number of nitrogens with one attached hydrogen (secondary N) is 1. The van der Waals surface area contributed by atoms with Crippen LogP contribution in [-0.2, 0) is 22.5 Å². The van der Waals surface area contributed by atoms with Crippen molar-refractivity contribution >= 4 is 5.91 Å². The van der Waals surface area contributed by atoms with Crippen LogP contribution in [0.15, 0.2) is 29.3 Å². The first-order chi connectivity index (χ1) is 12.1. The summed E-state index contributed by atoms with van der Waals surface area (Å²) < 4.78 is 5.67. The van der Waals surface area contributed by atoms with Gasteiger partial charge in [-0.05, 0) is 38.3 Å². The van der Waals surface area contributed by atoms with Crippen LogP contribution >= 0.6 is 0 Å². The van der Waals surface area contributed by atoms with Gasteiger partial charge in [-0.1, -0.05) is 0 Å². The highest BCUT2D eigenvalue weighted by Gasteiger charge is 2.41. The van der Waals surface area contributed by atoms with Crippen molar-refractivity contribution in [3.05, 3.63) is 46.1 Å². The van der Waals surface area contributed by atoms with E-state index in [2.05, 4.69) is 15.0 Å². The summed E-state index contributed by atoms with van der Waals surface area (Å²) in [4.78, 5) is 38.5. The van der Waals surface area contributed by atoms with Crippen LogP contribution in [0.3, 0.4) is 0 Å². The average molecular weight is 340 g/mol. The van der Waals surface area contributed by atoms with Gasteiger partial charge in [-0.25, -0.2) is 4.98 Å².